The number of halogens is 1. The number of benzene rings is 1. The van der Waals surface area contributed by atoms with E-state index in [-0.39, 0.29) is 5.78 Å². The van der Waals surface area contributed by atoms with Crippen LogP contribution in [0, 0.1) is 5.92 Å². The molecule has 88 valence electrons. The van der Waals surface area contributed by atoms with E-state index in [4.69, 9.17) is 11.6 Å². The predicted molar refractivity (Wildman–Crippen MR) is 69.6 cm³/mol. The first kappa shape index (κ1) is 10.8. The Morgan fingerprint density at radius 1 is 1.47 bits per heavy atom. The van der Waals surface area contributed by atoms with Crippen molar-refractivity contribution < 1.29 is 4.79 Å². The maximum Gasteiger partial charge on any atom is 0.165 e. The van der Waals surface area contributed by atoms with Crippen LogP contribution in [0.25, 0.3) is 10.9 Å². The third-order valence-electron chi connectivity index (χ3n) is 3.42. The van der Waals surface area contributed by atoms with Crippen molar-refractivity contribution >= 4 is 28.3 Å². The van der Waals surface area contributed by atoms with E-state index in [0.717, 1.165) is 16.5 Å². The molecular formula is C14H14ClNO. The number of carbonyl (C=O) groups is 1. The molecule has 1 aliphatic rings. The molecule has 0 amide bonds. The van der Waals surface area contributed by atoms with E-state index in [0.29, 0.717) is 17.4 Å². The van der Waals surface area contributed by atoms with Gasteiger partial charge in [-0.15, -0.1) is 0 Å². The van der Waals surface area contributed by atoms with E-state index in [2.05, 4.69) is 0 Å². The lowest BCUT2D eigenvalue weighted by Gasteiger charge is -1.98. The number of hydrogen-bond acceptors (Lipinski definition) is 1. The Balaban J connectivity index is 2.06. The number of aromatic nitrogens is 1. The summed E-state index contributed by atoms with van der Waals surface area (Å²) in [6.07, 6.45) is 5.04. The molecule has 17 heavy (non-hydrogen) atoms. The topological polar surface area (TPSA) is 22.0 Å². The zero-order valence-electron chi connectivity index (χ0n) is 9.74. The molecule has 0 atom stereocenters. The Bertz CT molecular complexity index is 596. The van der Waals surface area contributed by atoms with Crippen molar-refractivity contribution in [3.05, 3.63) is 35.0 Å². The van der Waals surface area contributed by atoms with Crippen molar-refractivity contribution in [1.29, 1.82) is 0 Å². The van der Waals surface area contributed by atoms with Gasteiger partial charge < -0.3 is 4.57 Å². The first-order valence-electron chi connectivity index (χ1n) is 5.93. The van der Waals surface area contributed by atoms with Gasteiger partial charge >= 0.3 is 0 Å². The first-order valence-corrected chi connectivity index (χ1v) is 6.31. The normalized spacial score (nSPS) is 15.4. The molecule has 3 rings (SSSR count). The van der Waals surface area contributed by atoms with Crippen molar-refractivity contribution in [2.24, 2.45) is 13.0 Å². The number of rotatable bonds is 3. The van der Waals surface area contributed by atoms with Crippen LogP contribution in [0.15, 0.2) is 24.4 Å². The minimum Gasteiger partial charge on any atom is -0.350 e. The molecule has 1 aliphatic carbocycles. The average Bonchev–Trinajstić information content (AvgIpc) is 3.04. The van der Waals surface area contributed by atoms with Crippen LogP contribution >= 0.6 is 11.6 Å². The Hall–Kier alpha value is -1.28. The van der Waals surface area contributed by atoms with E-state index in [1.54, 1.807) is 0 Å². The van der Waals surface area contributed by atoms with Gasteiger partial charge in [0, 0.05) is 41.2 Å². The van der Waals surface area contributed by atoms with Gasteiger partial charge in [0.2, 0.25) is 0 Å². The fourth-order valence-corrected chi connectivity index (χ4v) is 2.44. The summed E-state index contributed by atoms with van der Waals surface area (Å²) in [5.74, 6) is 0.894. The molecule has 1 fully saturated rings. The molecule has 2 nitrogen and oxygen atoms in total. The molecule has 0 spiro atoms. The third-order valence-corrected chi connectivity index (χ3v) is 3.66. The second-order valence-electron chi connectivity index (χ2n) is 4.89. The van der Waals surface area contributed by atoms with Crippen molar-refractivity contribution in [1.82, 2.24) is 4.57 Å². The van der Waals surface area contributed by atoms with Crippen LogP contribution in [-0.4, -0.2) is 10.4 Å². The quantitative estimate of drug-likeness (QED) is 0.756. The lowest BCUT2D eigenvalue weighted by Crippen LogP contribution is -1.98. The summed E-state index contributed by atoms with van der Waals surface area (Å²) in [6, 6.07) is 5.69. The smallest absolute Gasteiger partial charge is 0.165 e. The molecule has 0 radical (unpaired) electrons. The standard InChI is InChI=1S/C14H14ClNO/c1-16-8-12(14(17)6-9-2-3-9)11-5-4-10(15)7-13(11)16/h4-5,7-9H,2-3,6H2,1H3. The van der Waals surface area contributed by atoms with Crippen LogP contribution in [0.2, 0.25) is 5.02 Å². The zero-order valence-corrected chi connectivity index (χ0v) is 10.5. The molecule has 1 aromatic carbocycles. The Morgan fingerprint density at radius 2 is 2.24 bits per heavy atom. The highest BCUT2D eigenvalue weighted by atomic mass is 35.5. The van der Waals surface area contributed by atoms with Gasteiger partial charge in [-0.1, -0.05) is 17.7 Å². The summed E-state index contributed by atoms with van der Waals surface area (Å²) in [5, 5.41) is 1.72. The minimum atomic E-state index is 0.264. The Kier molecular flexibility index (Phi) is 2.48. The highest BCUT2D eigenvalue weighted by Gasteiger charge is 2.26. The Morgan fingerprint density at radius 3 is 2.94 bits per heavy atom. The first-order chi connectivity index (χ1) is 8.15. The van der Waals surface area contributed by atoms with Crippen LogP contribution < -0.4 is 0 Å². The summed E-state index contributed by atoms with van der Waals surface area (Å²) >= 11 is 5.98. The lowest BCUT2D eigenvalue weighted by atomic mass is 10.1. The fraction of sp³-hybridized carbons (Fsp3) is 0.357. The van der Waals surface area contributed by atoms with Crippen LogP contribution in [0.4, 0.5) is 0 Å². The number of nitrogens with zero attached hydrogens (tertiary/aromatic N) is 1. The van der Waals surface area contributed by atoms with Gasteiger partial charge in [-0.3, -0.25) is 4.79 Å². The van der Waals surface area contributed by atoms with Crippen molar-refractivity contribution in [2.45, 2.75) is 19.3 Å². The highest BCUT2D eigenvalue weighted by Crippen LogP contribution is 2.35. The molecule has 0 unspecified atom stereocenters. The maximum absolute atomic E-state index is 12.2. The fourth-order valence-electron chi connectivity index (χ4n) is 2.27. The van der Waals surface area contributed by atoms with Crippen molar-refractivity contribution in [2.75, 3.05) is 0 Å². The van der Waals surface area contributed by atoms with Crippen LogP contribution in [0.5, 0.6) is 0 Å². The molecule has 1 heterocycles. The van der Waals surface area contributed by atoms with Gasteiger partial charge in [-0.2, -0.15) is 0 Å². The molecule has 2 aromatic rings. The largest absolute Gasteiger partial charge is 0.350 e. The van der Waals surface area contributed by atoms with Gasteiger partial charge in [0.15, 0.2) is 5.78 Å². The molecule has 1 saturated carbocycles. The predicted octanol–water partition coefficient (Wildman–Crippen LogP) is 3.81. The molecule has 0 saturated heterocycles. The summed E-state index contributed by atoms with van der Waals surface area (Å²) in [7, 11) is 1.95. The van der Waals surface area contributed by atoms with E-state index >= 15 is 0 Å². The number of fused-ring (bicyclic) bond motifs is 1. The van der Waals surface area contributed by atoms with Crippen molar-refractivity contribution in [3.63, 3.8) is 0 Å². The number of carbonyl (C=O) groups excluding carboxylic acids is 1. The molecular weight excluding hydrogens is 234 g/mol. The highest BCUT2D eigenvalue weighted by molar-refractivity contribution is 6.31. The molecule has 0 N–H and O–H groups in total. The Labute approximate surface area is 105 Å². The third kappa shape index (κ3) is 1.98. The van der Waals surface area contributed by atoms with E-state index < -0.39 is 0 Å². The second kappa shape index (κ2) is 3.88. The molecule has 0 aliphatic heterocycles. The minimum absolute atomic E-state index is 0.264. The van der Waals surface area contributed by atoms with Gasteiger partial charge in [0.1, 0.15) is 0 Å². The van der Waals surface area contributed by atoms with E-state index in [1.807, 2.05) is 36.0 Å². The monoisotopic (exact) mass is 247 g/mol. The van der Waals surface area contributed by atoms with Crippen molar-refractivity contribution in [3.8, 4) is 0 Å². The number of Topliss-reactive ketones (excluding diaryl/α,β-unsaturated/α-hetero) is 1. The van der Waals surface area contributed by atoms with E-state index in [9.17, 15) is 4.79 Å². The lowest BCUT2D eigenvalue weighted by molar-refractivity contribution is 0.0977. The van der Waals surface area contributed by atoms with Gasteiger partial charge in [0.25, 0.3) is 0 Å². The SMILES string of the molecule is Cn1cc(C(=O)CC2CC2)c2ccc(Cl)cc21. The van der Waals surface area contributed by atoms with Crippen LogP contribution in [0.1, 0.15) is 29.6 Å². The molecule has 1 aromatic heterocycles. The van der Waals surface area contributed by atoms with Gasteiger partial charge in [-0.05, 0) is 30.9 Å². The van der Waals surface area contributed by atoms with E-state index in [1.165, 1.54) is 12.8 Å². The zero-order chi connectivity index (χ0) is 12.0. The summed E-state index contributed by atoms with van der Waals surface area (Å²) in [6.45, 7) is 0. The summed E-state index contributed by atoms with van der Waals surface area (Å²) in [4.78, 5) is 12.2. The van der Waals surface area contributed by atoms with Crippen LogP contribution in [0.3, 0.4) is 0 Å². The second-order valence-corrected chi connectivity index (χ2v) is 5.32. The molecule has 0 bridgehead atoms. The van der Waals surface area contributed by atoms with Gasteiger partial charge in [0.05, 0.1) is 0 Å². The summed E-state index contributed by atoms with van der Waals surface area (Å²) < 4.78 is 1.97. The number of ketones is 1. The average molecular weight is 248 g/mol. The number of aryl methyl sites for hydroxylation is 1. The van der Waals surface area contributed by atoms with Crippen LogP contribution in [-0.2, 0) is 7.05 Å². The molecule has 3 heteroatoms. The number of hydrogen-bond donors (Lipinski definition) is 0. The maximum atomic E-state index is 12.2. The summed E-state index contributed by atoms with van der Waals surface area (Å²) in [5.41, 5.74) is 1.86. The van der Waals surface area contributed by atoms with Gasteiger partial charge in [-0.25, -0.2) is 0 Å².